The molecule has 140 valence electrons. The molecule has 3 heterocycles. The summed E-state index contributed by atoms with van der Waals surface area (Å²) < 4.78 is 23.9. The smallest absolute Gasteiger partial charge is 0.251 e. The van der Waals surface area contributed by atoms with Gasteiger partial charge >= 0.3 is 0 Å². The number of hydrogen-bond donors (Lipinski definition) is 2. The molecule has 1 saturated heterocycles. The third-order valence-corrected chi connectivity index (χ3v) is 7.54. The zero-order chi connectivity index (χ0) is 19.2. The number of carbonyl (C=O) groups excluding carboxylic acids is 1. The number of anilines is 2. The average Bonchev–Trinajstić information content (AvgIpc) is 3.08. The van der Waals surface area contributed by atoms with Crippen molar-refractivity contribution in [3.8, 4) is 10.4 Å². The molecule has 0 radical (unpaired) electrons. The molecule has 0 bridgehead atoms. The Morgan fingerprint density at radius 2 is 1.81 bits per heavy atom. The number of aromatic nitrogens is 1. The highest BCUT2D eigenvalue weighted by Gasteiger charge is 2.22. The van der Waals surface area contributed by atoms with Crippen molar-refractivity contribution in [3.63, 3.8) is 0 Å². The summed E-state index contributed by atoms with van der Waals surface area (Å²) in [4.78, 5) is 18.7. The zero-order valence-electron chi connectivity index (χ0n) is 14.4. The number of amides is 1. The van der Waals surface area contributed by atoms with Crippen LogP contribution in [0.15, 0.2) is 36.5 Å². The Labute approximate surface area is 160 Å². The summed E-state index contributed by atoms with van der Waals surface area (Å²) in [5.41, 5.74) is 13.7. The Morgan fingerprint density at radius 3 is 2.44 bits per heavy atom. The summed E-state index contributed by atoms with van der Waals surface area (Å²) in [5, 5.41) is 0.719. The van der Waals surface area contributed by atoms with Crippen LogP contribution in [0.5, 0.6) is 0 Å². The molecule has 0 saturated carbocycles. The predicted octanol–water partition coefficient (Wildman–Crippen LogP) is 1.88. The molecule has 4 rings (SSSR count). The number of nitrogens with two attached hydrogens (primary N) is 2. The van der Waals surface area contributed by atoms with Crippen molar-refractivity contribution in [2.75, 3.05) is 35.2 Å². The van der Waals surface area contributed by atoms with Crippen LogP contribution in [0.25, 0.3) is 20.5 Å². The number of rotatable bonds is 3. The van der Waals surface area contributed by atoms with E-state index in [0.717, 1.165) is 26.2 Å². The van der Waals surface area contributed by atoms with Crippen molar-refractivity contribution in [3.05, 3.63) is 42.1 Å². The van der Waals surface area contributed by atoms with E-state index in [1.807, 2.05) is 30.3 Å². The second kappa shape index (κ2) is 6.50. The van der Waals surface area contributed by atoms with Crippen molar-refractivity contribution in [2.24, 2.45) is 5.73 Å². The van der Waals surface area contributed by atoms with E-state index in [9.17, 15) is 13.2 Å². The first kappa shape index (κ1) is 17.7. The number of nitrogen functional groups attached to an aromatic ring is 1. The lowest BCUT2D eigenvalue weighted by Gasteiger charge is -2.28. The quantitative estimate of drug-likeness (QED) is 0.690. The monoisotopic (exact) mass is 402 g/mol. The van der Waals surface area contributed by atoms with Crippen molar-refractivity contribution < 1.29 is 13.2 Å². The Balaban J connectivity index is 1.65. The van der Waals surface area contributed by atoms with Gasteiger partial charge < -0.3 is 16.4 Å². The van der Waals surface area contributed by atoms with Crippen molar-refractivity contribution >= 4 is 48.7 Å². The maximum absolute atomic E-state index is 11.6. The summed E-state index contributed by atoms with van der Waals surface area (Å²) >= 11 is 1.45. The van der Waals surface area contributed by atoms with Crippen molar-refractivity contribution in [1.82, 2.24) is 4.98 Å². The number of fused-ring (bicyclic) bond motifs is 1. The molecule has 27 heavy (non-hydrogen) atoms. The first-order valence-electron chi connectivity index (χ1n) is 8.38. The third kappa shape index (κ3) is 3.35. The molecule has 1 aliphatic heterocycles. The van der Waals surface area contributed by atoms with Gasteiger partial charge in [0.1, 0.15) is 5.82 Å². The number of benzene rings is 1. The minimum atomic E-state index is -2.90. The van der Waals surface area contributed by atoms with E-state index in [4.69, 9.17) is 11.5 Å². The Bertz CT molecular complexity index is 1120. The van der Waals surface area contributed by atoms with E-state index in [1.54, 1.807) is 0 Å². The summed E-state index contributed by atoms with van der Waals surface area (Å²) in [6.45, 7) is 1.02. The van der Waals surface area contributed by atoms with Gasteiger partial charge in [-0.15, -0.1) is 11.3 Å². The van der Waals surface area contributed by atoms with E-state index in [-0.39, 0.29) is 11.5 Å². The van der Waals surface area contributed by atoms with Gasteiger partial charge in [-0.3, -0.25) is 4.79 Å². The maximum atomic E-state index is 11.6. The van der Waals surface area contributed by atoms with Gasteiger partial charge in [0.25, 0.3) is 5.91 Å². The molecule has 1 fully saturated rings. The van der Waals surface area contributed by atoms with Crippen LogP contribution in [0, 0.1) is 0 Å². The van der Waals surface area contributed by atoms with Gasteiger partial charge in [-0.05, 0) is 23.8 Å². The van der Waals surface area contributed by atoms with Gasteiger partial charge in [0.15, 0.2) is 9.84 Å². The van der Waals surface area contributed by atoms with Crippen molar-refractivity contribution in [1.29, 1.82) is 0 Å². The first-order chi connectivity index (χ1) is 12.8. The van der Waals surface area contributed by atoms with E-state index < -0.39 is 15.7 Å². The van der Waals surface area contributed by atoms with Gasteiger partial charge in [-0.25, -0.2) is 13.4 Å². The fourth-order valence-electron chi connectivity index (χ4n) is 3.17. The third-order valence-electron chi connectivity index (χ3n) is 4.71. The molecule has 9 heteroatoms. The highest BCUT2D eigenvalue weighted by Crippen LogP contribution is 2.37. The van der Waals surface area contributed by atoms with E-state index in [0.29, 0.717) is 24.5 Å². The maximum Gasteiger partial charge on any atom is 0.251 e. The number of primary amides is 1. The Hall–Kier alpha value is -2.65. The molecule has 0 unspecified atom stereocenters. The molecule has 0 aliphatic carbocycles. The van der Waals surface area contributed by atoms with Crippen LogP contribution < -0.4 is 16.4 Å². The van der Waals surface area contributed by atoms with Crippen LogP contribution in [0.2, 0.25) is 0 Å². The molecule has 1 amide bonds. The lowest BCUT2D eigenvalue weighted by molar-refractivity contribution is 0.100. The number of sulfone groups is 1. The van der Waals surface area contributed by atoms with Gasteiger partial charge in [0.2, 0.25) is 0 Å². The summed E-state index contributed by atoms with van der Waals surface area (Å²) in [5.74, 6) is 0.209. The predicted molar refractivity (Wildman–Crippen MR) is 109 cm³/mol. The first-order valence-corrected chi connectivity index (χ1v) is 11.0. The largest absolute Gasteiger partial charge is 0.383 e. The Morgan fingerprint density at radius 1 is 1.15 bits per heavy atom. The molecular formula is C18H18N4O3S2. The molecule has 4 N–H and O–H groups in total. The minimum absolute atomic E-state index is 0.188. The second-order valence-corrected chi connectivity index (χ2v) is 9.82. The van der Waals surface area contributed by atoms with Gasteiger partial charge in [-0.2, -0.15) is 0 Å². The van der Waals surface area contributed by atoms with Crippen LogP contribution in [0.4, 0.5) is 11.5 Å². The van der Waals surface area contributed by atoms with Crippen molar-refractivity contribution in [2.45, 2.75) is 0 Å². The number of carbonyl (C=O) groups is 1. The average molecular weight is 403 g/mol. The normalized spacial score (nSPS) is 16.5. The van der Waals surface area contributed by atoms with Crippen LogP contribution >= 0.6 is 11.3 Å². The summed E-state index contributed by atoms with van der Waals surface area (Å²) in [6, 6.07) is 9.84. The standard InChI is InChI=1S/C18H18N4O3S2/c19-17-13-9-15(26-16(13)14(10-21-17)18(20)23)11-1-3-12(4-2-11)22-5-7-27(24,25)8-6-22/h1-4,9-10H,5-8H2,(H2,19,21)(H2,20,23). The summed E-state index contributed by atoms with van der Waals surface area (Å²) in [7, 11) is -2.90. The molecule has 7 nitrogen and oxygen atoms in total. The lowest BCUT2D eigenvalue weighted by Crippen LogP contribution is -2.40. The van der Waals surface area contributed by atoms with Crippen LogP contribution in [-0.4, -0.2) is 43.9 Å². The second-order valence-electron chi connectivity index (χ2n) is 6.46. The van der Waals surface area contributed by atoms with Gasteiger partial charge in [-0.1, -0.05) is 12.1 Å². The fourth-order valence-corrected chi connectivity index (χ4v) is 5.56. The minimum Gasteiger partial charge on any atom is -0.383 e. The van der Waals surface area contributed by atoms with Gasteiger partial charge in [0.05, 0.1) is 21.8 Å². The fraction of sp³-hybridized carbons (Fsp3) is 0.222. The molecule has 0 atom stereocenters. The van der Waals surface area contributed by atoms with E-state index in [1.165, 1.54) is 17.5 Å². The zero-order valence-corrected chi connectivity index (χ0v) is 16.0. The lowest BCUT2D eigenvalue weighted by atomic mass is 10.1. The number of thiophene rings is 1. The summed E-state index contributed by atoms with van der Waals surface area (Å²) in [6.07, 6.45) is 1.41. The SMILES string of the molecule is NC(=O)c1cnc(N)c2cc(-c3ccc(N4CCS(=O)(=O)CC4)cc3)sc12. The number of nitrogens with zero attached hydrogens (tertiary/aromatic N) is 2. The van der Waals surface area contributed by atoms with Crippen LogP contribution in [0.1, 0.15) is 10.4 Å². The highest BCUT2D eigenvalue weighted by atomic mass is 32.2. The number of hydrogen-bond acceptors (Lipinski definition) is 7. The van der Waals surface area contributed by atoms with Crippen LogP contribution in [-0.2, 0) is 9.84 Å². The topological polar surface area (TPSA) is 119 Å². The molecule has 1 aromatic carbocycles. The molecule has 0 spiro atoms. The molecular weight excluding hydrogens is 384 g/mol. The molecule has 3 aromatic rings. The van der Waals surface area contributed by atoms with Gasteiger partial charge in [0, 0.05) is 35.2 Å². The molecule has 2 aromatic heterocycles. The number of pyridine rings is 1. The Kier molecular flexibility index (Phi) is 4.27. The highest BCUT2D eigenvalue weighted by molar-refractivity contribution is 7.91. The van der Waals surface area contributed by atoms with Crippen LogP contribution in [0.3, 0.4) is 0 Å². The molecule has 1 aliphatic rings. The van der Waals surface area contributed by atoms with E-state index >= 15 is 0 Å². The van der Waals surface area contributed by atoms with E-state index in [2.05, 4.69) is 9.88 Å².